The number of hydrogen-bond acceptors (Lipinski definition) is 1. The third-order valence-corrected chi connectivity index (χ3v) is 4.19. The molecule has 4 heteroatoms. The molecule has 0 unspecified atom stereocenters. The van der Waals surface area contributed by atoms with Crippen LogP contribution in [-0.2, 0) is 6.54 Å². The van der Waals surface area contributed by atoms with Crippen LogP contribution in [0.5, 0.6) is 0 Å². The largest absolute Gasteiger partial charge is 0.306 e. The molecule has 0 amide bonds. The Morgan fingerprint density at radius 3 is 2.63 bits per heavy atom. The van der Waals surface area contributed by atoms with Gasteiger partial charge in [-0.05, 0) is 42.3 Å². The van der Waals surface area contributed by atoms with Crippen molar-refractivity contribution >= 4 is 31.9 Å². The fourth-order valence-electron chi connectivity index (χ4n) is 1.82. The van der Waals surface area contributed by atoms with Crippen LogP contribution in [-0.4, -0.2) is 0 Å². The van der Waals surface area contributed by atoms with Crippen molar-refractivity contribution in [1.82, 2.24) is 5.32 Å². The highest BCUT2D eigenvalue weighted by Gasteiger charge is 2.07. The zero-order chi connectivity index (χ0) is 13.8. The van der Waals surface area contributed by atoms with Crippen molar-refractivity contribution in [3.8, 4) is 0 Å². The molecule has 0 saturated heterocycles. The molecule has 0 aliphatic carbocycles. The summed E-state index contributed by atoms with van der Waals surface area (Å²) in [4.78, 5) is 0. The van der Waals surface area contributed by atoms with Gasteiger partial charge in [0, 0.05) is 21.5 Å². The fourth-order valence-corrected chi connectivity index (χ4v) is 2.73. The predicted molar refractivity (Wildman–Crippen MR) is 83.5 cm³/mol. The first-order valence-electron chi connectivity index (χ1n) is 5.99. The van der Waals surface area contributed by atoms with Gasteiger partial charge in [-0.2, -0.15) is 0 Å². The second-order valence-electron chi connectivity index (χ2n) is 4.39. The van der Waals surface area contributed by atoms with Crippen LogP contribution >= 0.6 is 31.9 Å². The minimum Gasteiger partial charge on any atom is -0.306 e. The van der Waals surface area contributed by atoms with Gasteiger partial charge in [0.25, 0.3) is 0 Å². The van der Waals surface area contributed by atoms with Crippen molar-refractivity contribution in [2.75, 3.05) is 0 Å². The van der Waals surface area contributed by atoms with Crippen LogP contribution in [0, 0.1) is 5.82 Å². The Labute approximate surface area is 129 Å². The molecule has 19 heavy (non-hydrogen) atoms. The zero-order valence-corrected chi connectivity index (χ0v) is 13.6. The van der Waals surface area contributed by atoms with Crippen molar-refractivity contribution in [2.45, 2.75) is 19.5 Å². The number of nitrogens with one attached hydrogen (secondary N) is 1. The first kappa shape index (κ1) is 14.7. The Hall–Kier alpha value is -0.710. The Kier molecular flexibility index (Phi) is 5.13. The van der Waals surface area contributed by atoms with Crippen LogP contribution in [0.2, 0.25) is 0 Å². The highest BCUT2D eigenvalue weighted by atomic mass is 79.9. The number of halogens is 3. The summed E-state index contributed by atoms with van der Waals surface area (Å²) in [6.07, 6.45) is 0. The molecular weight excluding hydrogens is 373 g/mol. The van der Waals surface area contributed by atoms with Crippen LogP contribution in [0.3, 0.4) is 0 Å². The number of rotatable bonds is 4. The first-order chi connectivity index (χ1) is 9.06. The summed E-state index contributed by atoms with van der Waals surface area (Å²) in [5.41, 5.74) is 2.26. The monoisotopic (exact) mass is 385 g/mol. The maximum absolute atomic E-state index is 13.0. The SMILES string of the molecule is C[C@H](NCc1ccc(F)cc1Br)c1cccc(Br)c1. The van der Waals surface area contributed by atoms with Crippen molar-refractivity contribution < 1.29 is 4.39 Å². The van der Waals surface area contributed by atoms with Gasteiger partial charge in [-0.25, -0.2) is 4.39 Å². The molecule has 2 rings (SSSR count). The molecule has 0 spiro atoms. The summed E-state index contributed by atoms with van der Waals surface area (Å²) < 4.78 is 14.9. The molecule has 0 fully saturated rings. The summed E-state index contributed by atoms with van der Waals surface area (Å²) in [7, 11) is 0. The highest BCUT2D eigenvalue weighted by molar-refractivity contribution is 9.10. The van der Waals surface area contributed by atoms with Crippen molar-refractivity contribution in [3.05, 3.63) is 68.4 Å². The standard InChI is InChI=1S/C15H14Br2FN/c1-10(11-3-2-4-13(16)7-11)19-9-12-5-6-14(18)8-15(12)17/h2-8,10,19H,9H2,1H3/t10-/m0/s1. The highest BCUT2D eigenvalue weighted by Crippen LogP contribution is 2.21. The van der Waals surface area contributed by atoms with Gasteiger partial charge in [0.1, 0.15) is 5.82 Å². The Balaban J connectivity index is 2.02. The molecule has 0 aromatic heterocycles. The lowest BCUT2D eigenvalue weighted by Gasteiger charge is -2.15. The van der Waals surface area contributed by atoms with E-state index in [1.165, 1.54) is 17.7 Å². The first-order valence-corrected chi connectivity index (χ1v) is 7.57. The molecule has 1 nitrogen and oxygen atoms in total. The van der Waals surface area contributed by atoms with Gasteiger partial charge >= 0.3 is 0 Å². The quantitative estimate of drug-likeness (QED) is 0.761. The van der Waals surface area contributed by atoms with E-state index < -0.39 is 0 Å². The van der Waals surface area contributed by atoms with E-state index in [1.807, 2.05) is 12.1 Å². The minimum atomic E-state index is -0.226. The fraction of sp³-hybridized carbons (Fsp3) is 0.200. The van der Waals surface area contributed by atoms with Gasteiger partial charge < -0.3 is 5.32 Å². The molecule has 1 N–H and O–H groups in total. The second kappa shape index (κ2) is 6.64. The summed E-state index contributed by atoms with van der Waals surface area (Å²) in [6.45, 7) is 2.80. The van der Waals surface area contributed by atoms with E-state index in [9.17, 15) is 4.39 Å². The maximum Gasteiger partial charge on any atom is 0.124 e. The Morgan fingerprint density at radius 1 is 1.16 bits per heavy atom. The predicted octanol–water partition coefficient (Wildman–Crippen LogP) is 5.20. The van der Waals surface area contributed by atoms with Crippen LogP contribution in [0.4, 0.5) is 4.39 Å². The summed E-state index contributed by atoms with van der Waals surface area (Å²) in [5, 5.41) is 3.43. The lowest BCUT2D eigenvalue weighted by Crippen LogP contribution is -2.18. The van der Waals surface area contributed by atoms with Crippen LogP contribution < -0.4 is 5.32 Å². The van der Waals surface area contributed by atoms with E-state index in [1.54, 1.807) is 6.07 Å². The van der Waals surface area contributed by atoms with Gasteiger partial charge in [0.2, 0.25) is 0 Å². The van der Waals surface area contributed by atoms with E-state index in [0.717, 1.165) is 14.5 Å². The van der Waals surface area contributed by atoms with Gasteiger partial charge in [-0.1, -0.05) is 50.1 Å². The molecular formula is C15H14Br2FN. The Bertz CT molecular complexity index is 572. The van der Waals surface area contributed by atoms with Crippen molar-refractivity contribution in [1.29, 1.82) is 0 Å². The average Bonchev–Trinajstić information content (AvgIpc) is 2.37. The third-order valence-electron chi connectivity index (χ3n) is 2.96. The molecule has 0 heterocycles. The van der Waals surface area contributed by atoms with Crippen molar-refractivity contribution in [2.24, 2.45) is 0 Å². The molecule has 0 aliphatic rings. The topological polar surface area (TPSA) is 12.0 Å². The zero-order valence-electron chi connectivity index (χ0n) is 10.5. The normalized spacial score (nSPS) is 12.4. The van der Waals surface area contributed by atoms with Crippen LogP contribution in [0.1, 0.15) is 24.1 Å². The molecule has 0 radical (unpaired) electrons. The van der Waals surface area contributed by atoms with E-state index in [4.69, 9.17) is 0 Å². The molecule has 0 aliphatic heterocycles. The van der Waals surface area contributed by atoms with Gasteiger partial charge in [0.15, 0.2) is 0 Å². The molecule has 100 valence electrons. The number of hydrogen-bond donors (Lipinski definition) is 1. The van der Waals surface area contributed by atoms with E-state index in [0.29, 0.717) is 6.54 Å². The third kappa shape index (κ3) is 4.13. The van der Waals surface area contributed by atoms with Crippen molar-refractivity contribution in [3.63, 3.8) is 0 Å². The lowest BCUT2D eigenvalue weighted by molar-refractivity contribution is 0.571. The number of benzene rings is 2. The molecule has 2 aromatic rings. The minimum absolute atomic E-state index is 0.226. The summed E-state index contributed by atoms with van der Waals surface area (Å²) in [5.74, 6) is -0.226. The smallest absolute Gasteiger partial charge is 0.124 e. The summed E-state index contributed by atoms with van der Waals surface area (Å²) >= 11 is 6.85. The average molecular weight is 387 g/mol. The molecule has 2 aromatic carbocycles. The molecule has 0 bridgehead atoms. The van der Waals surface area contributed by atoms with Crippen LogP contribution in [0.15, 0.2) is 51.4 Å². The maximum atomic E-state index is 13.0. The van der Waals surface area contributed by atoms with Gasteiger partial charge in [0.05, 0.1) is 0 Å². The second-order valence-corrected chi connectivity index (χ2v) is 6.16. The van der Waals surface area contributed by atoms with Gasteiger partial charge in [-0.15, -0.1) is 0 Å². The van der Waals surface area contributed by atoms with Crippen LogP contribution in [0.25, 0.3) is 0 Å². The molecule has 1 atom stereocenters. The lowest BCUT2D eigenvalue weighted by atomic mass is 10.1. The molecule has 0 saturated carbocycles. The van der Waals surface area contributed by atoms with E-state index in [-0.39, 0.29) is 11.9 Å². The summed E-state index contributed by atoms with van der Waals surface area (Å²) in [6, 6.07) is 13.2. The van der Waals surface area contributed by atoms with E-state index in [2.05, 4.69) is 56.2 Å². The van der Waals surface area contributed by atoms with Gasteiger partial charge in [-0.3, -0.25) is 0 Å². The Morgan fingerprint density at radius 2 is 1.95 bits per heavy atom. The van der Waals surface area contributed by atoms with E-state index >= 15 is 0 Å².